The van der Waals surface area contributed by atoms with Gasteiger partial charge >= 0.3 is 0 Å². The summed E-state index contributed by atoms with van der Waals surface area (Å²) in [7, 11) is 0. The van der Waals surface area contributed by atoms with Gasteiger partial charge in [-0.15, -0.1) is 0 Å². The van der Waals surface area contributed by atoms with Gasteiger partial charge in [0.15, 0.2) is 0 Å². The van der Waals surface area contributed by atoms with Gasteiger partial charge in [0.2, 0.25) is 5.91 Å². The molecule has 4 nitrogen and oxygen atoms in total. The maximum absolute atomic E-state index is 12.0. The molecule has 0 saturated heterocycles. The van der Waals surface area contributed by atoms with Crippen LogP contribution in [0.15, 0.2) is 0 Å². The molecule has 0 atom stereocenters. The van der Waals surface area contributed by atoms with E-state index in [1.54, 1.807) is 4.90 Å². The van der Waals surface area contributed by atoms with Gasteiger partial charge < -0.3 is 14.7 Å². The lowest BCUT2D eigenvalue weighted by Crippen LogP contribution is -2.42. The zero-order valence-electron chi connectivity index (χ0n) is 11.0. The second-order valence-electron chi connectivity index (χ2n) is 4.88. The van der Waals surface area contributed by atoms with E-state index in [4.69, 9.17) is 9.84 Å². The maximum Gasteiger partial charge on any atom is 0.228 e. The van der Waals surface area contributed by atoms with Gasteiger partial charge in [-0.05, 0) is 6.42 Å². The third kappa shape index (κ3) is 6.08. The topological polar surface area (TPSA) is 49.8 Å². The van der Waals surface area contributed by atoms with Crippen molar-refractivity contribution in [1.82, 2.24) is 4.90 Å². The highest BCUT2D eigenvalue weighted by Crippen LogP contribution is 2.16. The molecule has 0 aliphatic carbocycles. The standard InChI is InChI=1S/C12H25NO3/c1-5-9-16-10-7-13(6-8-14)11(15)12(2,3)4/h14H,5-10H2,1-4H3. The lowest BCUT2D eigenvalue weighted by Gasteiger charge is -2.28. The quantitative estimate of drug-likeness (QED) is 0.671. The number of amides is 1. The molecular formula is C12H25NO3. The first-order valence-corrected chi connectivity index (χ1v) is 5.91. The number of hydrogen-bond donors (Lipinski definition) is 1. The molecule has 0 fully saturated rings. The van der Waals surface area contributed by atoms with E-state index in [2.05, 4.69) is 0 Å². The highest BCUT2D eigenvalue weighted by molar-refractivity contribution is 5.81. The molecule has 16 heavy (non-hydrogen) atoms. The summed E-state index contributed by atoms with van der Waals surface area (Å²) in [5.74, 6) is 0.0571. The Hall–Kier alpha value is -0.610. The minimum absolute atomic E-state index is 0.00437. The molecular weight excluding hydrogens is 206 g/mol. The van der Waals surface area contributed by atoms with Crippen LogP contribution in [-0.2, 0) is 9.53 Å². The summed E-state index contributed by atoms with van der Waals surface area (Å²) >= 11 is 0. The number of nitrogens with zero attached hydrogens (tertiary/aromatic N) is 1. The summed E-state index contributed by atoms with van der Waals surface area (Å²) in [4.78, 5) is 13.6. The van der Waals surface area contributed by atoms with Gasteiger partial charge in [0.05, 0.1) is 13.2 Å². The Morgan fingerprint density at radius 1 is 1.25 bits per heavy atom. The third-order valence-corrected chi connectivity index (χ3v) is 2.15. The average Bonchev–Trinajstić information content (AvgIpc) is 2.20. The zero-order chi connectivity index (χ0) is 12.6. The first-order valence-electron chi connectivity index (χ1n) is 5.91. The number of ether oxygens (including phenoxy) is 1. The van der Waals surface area contributed by atoms with Crippen LogP contribution in [0.1, 0.15) is 34.1 Å². The second-order valence-corrected chi connectivity index (χ2v) is 4.88. The molecule has 0 bridgehead atoms. The van der Waals surface area contributed by atoms with Crippen LogP contribution in [0, 0.1) is 5.41 Å². The fourth-order valence-corrected chi connectivity index (χ4v) is 1.33. The summed E-state index contributed by atoms with van der Waals surface area (Å²) in [5.41, 5.74) is -0.403. The van der Waals surface area contributed by atoms with E-state index in [0.717, 1.165) is 13.0 Å². The van der Waals surface area contributed by atoms with E-state index in [1.807, 2.05) is 27.7 Å². The first-order chi connectivity index (χ1) is 7.43. The number of hydrogen-bond acceptors (Lipinski definition) is 3. The summed E-state index contributed by atoms with van der Waals surface area (Å²) in [6.45, 7) is 9.88. The highest BCUT2D eigenvalue weighted by atomic mass is 16.5. The molecule has 0 aromatic carbocycles. The second kappa shape index (κ2) is 7.63. The fraction of sp³-hybridized carbons (Fsp3) is 0.917. The summed E-state index contributed by atoms with van der Waals surface area (Å²) < 4.78 is 5.35. The zero-order valence-corrected chi connectivity index (χ0v) is 11.0. The van der Waals surface area contributed by atoms with Gasteiger partial charge in [0.25, 0.3) is 0 Å². The molecule has 0 aliphatic heterocycles. The van der Waals surface area contributed by atoms with Crippen LogP contribution >= 0.6 is 0 Å². The lowest BCUT2D eigenvalue weighted by atomic mass is 9.95. The smallest absolute Gasteiger partial charge is 0.228 e. The molecule has 0 unspecified atom stereocenters. The summed E-state index contributed by atoms with van der Waals surface area (Å²) in [5, 5.41) is 8.92. The van der Waals surface area contributed by atoms with Crippen molar-refractivity contribution in [2.45, 2.75) is 34.1 Å². The maximum atomic E-state index is 12.0. The molecule has 0 heterocycles. The minimum Gasteiger partial charge on any atom is -0.395 e. The number of aliphatic hydroxyl groups is 1. The molecule has 4 heteroatoms. The predicted molar refractivity (Wildman–Crippen MR) is 64.2 cm³/mol. The normalized spacial score (nSPS) is 11.6. The van der Waals surface area contributed by atoms with Crippen LogP contribution in [0.4, 0.5) is 0 Å². The number of aliphatic hydroxyl groups excluding tert-OH is 1. The van der Waals surface area contributed by atoms with Crippen LogP contribution in [0.25, 0.3) is 0 Å². The van der Waals surface area contributed by atoms with Crippen molar-refractivity contribution in [2.75, 3.05) is 32.9 Å². The number of carbonyl (C=O) groups is 1. The Morgan fingerprint density at radius 2 is 1.88 bits per heavy atom. The molecule has 0 radical (unpaired) electrons. The molecule has 1 amide bonds. The van der Waals surface area contributed by atoms with Crippen LogP contribution in [0.3, 0.4) is 0 Å². The van der Waals surface area contributed by atoms with E-state index in [-0.39, 0.29) is 12.5 Å². The Morgan fingerprint density at radius 3 is 2.31 bits per heavy atom. The monoisotopic (exact) mass is 231 g/mol. The van der Waals surface area contributed by atoms with E-state index in [1.165, 1.54) is 0 Å². The minimum atomic E-state index is -0.403. The van der Waals surface area contributed by atoms with E-state index in [0.29, 0.717) is 19.7 Å². The number of rotatable bonds is 7. The molecule has 0 spiro atoms. The van der Waals surface area contributed by atoms with E-state index >= 15 is 0 Å². The Bertz CT molecular complexity index is 199. The van der Waals surface area contributed by atoms with Gasteiger partial charge in [-0.1, -0.05) is 27.7 Å². The predicted octanol–water partition coefficient (Wildman–Crippen LogP) is 1.28. The van der Waals surface area contributed by atoms with Gasteiger partial charge in [0, 0.05) is 25.1 Å². The third-order valence-electron chi connectivity index (χ3n) is 2.15. The summed E-state index contributed by atoms with van der Waals surface area (Å²) in [6.07, 6.45) is 0.979. The van der Waals surface area contributed by atoms with Crippen LogP contribution in [-0.4, -0.2) is 48.8 Å². The Kier molecular flexibility index (Phi) is 7.34. The van der Waals surface area contributed by atoms with Crippen molar-refractivity contribution in [2.24, 2.45) is 5.41 Å². The van der Waals surface area contributed by atoms with Crippen molar-refractivity contribution in [3.63, 3.8) is 0 Å². The molecule has 96 valence electrons. The molecule has 0 aromatic rings. The Balaban J connectivity index is 4.11. The van der Waals surface area contributed by atoms with E-state index < -0.39 is 5.41 Å². The van der Waals surface area contributed by atoms with E-state index in [9.17, 15) is 4.79 Å². The van der Waals surface area contributed by atoms with Crippen LogP contribution in [0.2, 0.25) is 0 Å². The SMILES string of the molecule is CCCOCCN(CCO)C(=O)C(C)(C)C. The molecule has 0 aromatic heterocycles. The summed E-state index contributed by atoms with van der Waals surface area (Å²) in [6, 6.07) is 0. The molecule has 1 N–H and O–H groups in total. The van der Waals surface area contributed by atoms with Crippen LogP contribution in [0.5, 0.6) is 0 Å². The average molecular weight is 231 g/mol. The van der Waals surface area contributed by atoms with Crippen molar-refractivity contribution in [3.8, 4) is 0 Å². The van der Waals surface area contributed by atoms with Crippen molar-refractivity contribution >= 4 is 5.91 Å². The van der Waals surface area contributed by atoms with Crippen molar-refractivity contribution < 1.29 is 14.6 Å². The van der Waals surface area contributed by atoms with Crippen molar-refractivity contribution in [1.29, 1.82) is 0 Å². The highest BCUT2D eigenvalue weighted by Gasteiger charge is 2.26. The number of carbonyl (C=O) groups excluding carboxylic acids is 1. The fourth-order valence-electron chi connectivity index (χ4n) is 1.33. The first kappa shape index (κ1) is 15.4. The van der Waals surface area contributed by atoms with Gasteiger partial charge in [-0.3, -0.25) is 4.79 Å². The van der Waals surface area contributed by atoms with Crippen LogP contribution < -0.4 is 0 Å². The Labute approximate surface area is 98.6 Å². The van der Waals surface area contributed by atoms with Gasteiger partial charge in [-0.25, -0.2) is 0 Å². The van der Waals surface area contributed by atoms with Gasteiger partial charge in [-0.2, -0.15) is 0 Å². The largest absolute Gasteiger partial charge is 0.395 e. The lowest BCUT2D eigenvalue weighted by molar-refractivity contribution is -0.140. The van der Waals surface area contributed by atoms with Crippen molar-refractivity contribution in [3.05, 3.63) is 0 Å². The molecule has 0 aliphatic rings. The molecule has 0 saturated carbocycles. The van der Waals surface area contributed by atoms with Gasteiger partial charge in [0.1, 0.15) is 0 Å². The molecule has 0 rings (SSSR count).